The third kappa shape index (κ3) is 3.91. The van der Waals surface area contributed by atoms with E-state index in [1.165, 1.54) is 0 Å². The van der Waals surface area contributed by atoms with E-state index in [-0.39, 0.29) is 5.95 Å². The SMILES string of the molecule is COc1cc(C[N-]c2nn[nH]n2)cc(Cl)c1OCc1cccs1. The van der Waals surface area contributed by atoms with Crippen LogP contribution in [-0.2, 0) is 13.2 Å². The lowest BCUT2D eigenvalue weighted by molar-refractivity contribution is 0.287. The molecule has 0 fully saturated rings. The molecule has 23 heavy (non-hydrogen) atoms. The van der Waals surface area contributed by atoms with Gasteiger partial charge in [-0.05, 0) is 29.1 Å². The zero-order chi connectivity index (χ0) is 16.1. The number of hydrogen-bond donors (Lipinski definition) is 1. The summed E-state index contributed by atoms with van der Waals surface area (Å²) in [5.41, 5.74) is 0.861. The minimum atomic E-state index is 0.290. The fourth-order valence-electron chi connectivity index (χ4n) is 1.93. The van der Waals surface area contributed by atoms with Gasteiger partial charge in [-0.1, -0.05) is 17.7 Å². The van der Waals surface area contributed by atoms with Crippen LogP contribution in [0.3, 0.4) is 0 Å². The van der Waals surface area contributed by atoms with Crippen molar-refractivity contribution in [3.05, 3.63) is 50.4 Å². The lowest BCUT2D eigenvalue weighted by Gasteiger charge is -2.15. The Morgan fingerprint density at radius 2 is 2.30 bits per heavy atom. The van der Waals surface area contributed by atoms with Gasteiger partial charge in [-0.3, -0.25) is 15.4 Å². The van der Waals surface area contributed by atoms with Crippen molar-refractivity contribution in [3.8, 4) is 11.5 Å². The number of thiophene rings is 1. The number of tetrazole rings is 1. The molecule has 1 aromatic carbocycles. The third-order valence-corrected chi connectivity index (χ3v) is 4.10. The fourth-order valence-corrected chi connectivity index (χ4v) is 2.83. The molecule has 0 radical (unpaired) electrons. The summed E-state index contributed by atoms with van der Waals surface area (Å²) in [6, 6.07) is 7.60. The predicted octanol–water partition coefficient (Wildman–Crippen LogP) is 3.71. The first-order valence-electron chi connectivity index (χ1n) is 6.69. The highest BCUT2D eigenvalue weighted by Crippen LogP contribution is 2.37. The van der Waals surface area contributed by atoms with Crippen molar-refractivity contribution >= 4 is 28.9 Å². The summed E-state index contributed by atoms with van der Waals surface area (Å²) in [5, 5.41) is 20.0. The van der Waals surface area contributed by atoms with Crippen LogP contribution in [0.15, 0.2) is 29.6 Å². The average molecular weight is 351 g/mol. The minimum Gasteiger partial charge on any atom is -0.493 e. The van der Waals surface area contributed by atoms with Gasteiger partial charge in [0.25, 0.3) is 0 Å². The van der Waals surface area contributed by atoms with Crippen molar-refractivity contribution in [2.45, 2.75) is 13.2 Å². The van der Waals surface area contributed by atoms with Gasteiger partial charge in [0.15, 0.2) is 11.5 Å². The second kappa shape index (κ2) is 7.30. The summed E-state index contributed by atoms with van der Waals surface area (Å²) in [5.74, 6) is 1.37. The largest absolute Gasteiger partial charge is 0.493 e. The van der Waals surface area contributed by atoms with E-state index in [9.17, 15) is 0 Å². The Labute approximate surface area is 141 Å². The summed E-state index contributed by atoms with van der Waals surface area (Å²) < 4.78 is 11.2. The second-order valence-electron chi connectivity index (χ2n) is 4.51. The first-order valence-corrected chi connectivity index (χ1v) is 7.94. The van der Waals surface area contributed by atoms with Gasteiger partial charge in [-0.15, -0.1) is 16.6 Å². The molecule has 0 saturated carbocycles. The van der Waals surface area contributed by atoms with Gasteiger partial charge >= 0.3 is 0 Å². The van der Waals surface area contributed by atoms with Crippen LogP contribution < -0.4 is 9.47 Å². The van der Waals surface area contributed by atoms with Crippen LogP contribution in [-0.4, -0.2) is 27.7 Å². The smallest absolute Gasteiger partial charge is 0.180 e. The summed E-state index contributed by atoms with van der Waals surface area (Å²) in [6.45, 7) is 0.807. The molecule has 9 heteroatoms. The van der Waals surface area contributed by atoms with E-state index in [0.29, 0.717) is 29.7 Å². The van der Waals surface area contributed by atoms with Gasteiger partial charge in [0.2, 0.25) is 0 Å². The molecule has 120 valence electrons. The number of benzene rings is 1. The fraction of sp³-hybridized carbons (Fsp3) is 0.214. The van der Waals surface area contributed by atoms with Gasteiger partial charge in [0.1, 0.15) is 6.61 Å². The zero-order valence-corrected chi connectivity index (χ0v) is 13.8. The van der Waals surface area contributed by atoms with E-state index in [2.05, 4.69) is 25.9 Å². The van der Waals surface area contributed by atoms with Crippen molar-refractivity contribution < 1.29 is 9.47 Å². The Bertz CT molecular complexity index is 749. The lowest BCUT2D eigenvalue weighted by atomic mass is 10.2. The van der Waals surface area contributed by atoms with Crippen LogP contribution in [0.2, 0.25) is 5.02 Å². The maximum atomic E-state index is 6.32. The van der Waals surface area contributed by atoms with Gasteiger partial charge in [-0.2, -0.15) is 0 Å². The maximum absolute atomic E-state index is 6.32. The molecule has 0 aliphatic heterocycles. The number of halogens is 1. The quantitative estimate of drug-likeness (QED) is 0.701. The number of rotatable bonds is 7. The molecule has 3 rings (SSSR count). The topological polar surface area (TPSA) is 87.0 Å². The Hall–Kier alpha value is -2.32. The number of methoxy groups -OCH3 is 1. The number of hydrogen-bond acceptors (Lipinski definition) is 6. The molecule has 3 aromatic rings. The molecule has 1 N–H and O–H groups in total. The predicted molar refractivity (Wildman–Crippen MR) is 87.6 cm³/mol. The van der Waals surface area contributed by atoms with Crippen molar-refractivity contribution in [2.24, 2.45) is 0 Å². The number of aromatic nitrogens is 4. The molecule has 2 aromatic heterocycles. The highest BCUT2D eigenvalue weighted by molar-refractivity contribution is 7.09. The van der Waals surface area contributed by atoms with Crippen LogP contribution in [0.5, 0.6) is 11.5 Å². The molecular formula is C14H13ClN5O2S-. The molecule has 0 atom stereocenters. The number of ether oxygens (including phenoxy) is 2. The summed E-state index contributed by atoms with van der Waals surface area (Å²) in [6.07, 6.45) is 0. The van der Waals surface area contributed by atoms with Crippen molar-refractivity contribution in [3.63, 3.8) is 0 Å². The molecule has 0 spiro atoms. The van der Waals surface area contributed by atoms with E-state index in [4.69, 9.17) is 21.1 Å². The van der Waals surface area contributed by atoms with Crippen LogP contribution in [0.25, 0.3) is 5.32 Å². The lowest BCUT2D eigenvalue weighted by Crippen LogP contribution is -1.98. The van der Waals surface area contributed by atoms with E-state index in [0.717, 1.165) is 10.4 Å². The normalized spacial score (nSPS) is 10.5. The standard InChI is InChI=1S/C14H13ClN5O2S/c1-21-12-6-9(7-16-14-17-19-20-18-14)5-11(15)13(12)22-8-10-3-2-4-23-10/h2-6H,7-8H2,1H3,(H-,16,17,18,19,20)/q-1. The first kappa shape index (κ1) is 15.6. The van der Waals surface area contributed by atoms with Gasteiger partial charge < -0.3 is 14.8 Å². The second-order valence-corrected chi connectivity index (χ2v) is 5.94. The molecular weight excluding hydrogens is 338 g/mol. The van der Waals surface area contributed by atoms with E-state index in [1.807, 2.05) is 23.6 Å². The van der Waals surface area contributed by atoms with E-state index < -0.39 is 0 Å². The molecule has 0 aliphatic rings. The third-order valence-electron chi connectivity index (χ3n) is 2.97. The summed E-state index contributed by atoms with van der Waals surface area (Å²) >= 11 is 7.95. The van der Waals surface area contributed by atoms with Crippen LogP contribution in [0, 0.1) is 0 Å². The van der Waals surface area contributed by atoms with Crippen LogP contribution >= 0.6 is 22.9 Å². The first-order chi connectivity index (χ1) is 11.3. The molecule has 7 nitrogen and oxygen atoms in total. The highest BCUT2D eigenvalue weighted by atomic mass is 35.5. The monoisotopic (exact) mass is 350 g/mol. The Morgan fingerprint density at radius 3 is 3.00 bits per heavy atom. The van der Waals surface area contributed by atoms with Gasteiger partial charge in [0, 0.05) is 11.4 Å². The molecule has 0 bridgehead atoms. The highest BCUT2D eigenvalue weighted by Gasteiger charge is 2.12. The molecule has 0 unspecified atom stereocenters. The minimum absolute atomic E-state index is 0.290. The zero-order valence-electron chi connectivity index (χ0n) is 12.2. The summed E-state index contributed by atoms with van der Waals surface area (Å²) in [7, 11) is 1.57. The number of nitrogens with one attached hydrogen (secondary N) is 1. The van der Waals surface area contributed by atoms with E-state index in [1.54, 1.807) is 24.5 Å². The van der Waals surface area contributed by atoms with Crippen LogP contribution in [0.4, 0.5) is 5.95 Å². The van der Waals surface area contributed by atoms with Crippen molar-refractivity contribution in [1.29, 1.82) is 0 Å². The molecule has 0 saturated heterocycles. The number of H-pyrrole nitrogens is 1. The number of aromatic amines is 1. The Kier molecular flexibility index (Phi) is 4.94. The Balaban J connectivity index is 1.72. The van der Waals surface area contributed by atoms with Crippen LogP contribution in [0.1, 0.15) is 10.4 Å². The number of nitrogens with zero attached hydrogens (tertiary/aromatic N) is 4. The van der Waals surface area contributed by atoms with Crippen molar-refractivity contribution in [1.82, 2.24) is 20.6 Å². The van der Waals surface area contributed by atoms with Gasteiger partial charge in [-0.25, -0.2) is 0 Å². The maximum Gasteiger partial charge on any atom is 0.180 e. The Morgan fingerprint density at radius 1 is 1.39 bits per heavy atom. The van der Waals surface area contributed by atoms with E-state index >= 15 is 0 Å². The molecule has 0 amide bonds. The van der Waals surface area contributed by atoms with Crippen molar-refractivity contribution in [2.75, 3.05) is 7.11 Å². The summed E-state index contributed by atoms with van der Waals surface area (Å²) in [4.78, 5) is 1.11. The van der Waals surface area contributed by atoms with Gasteiger partial charge in [0.05, 0.1) is 18.1 Å². The molecule has 2 heterocycles. The molecule has 0 aliphatic carbocycles. The average Bonchev–Trinajstić information content (AvgIpc) is 3.24.